The van der Waals surface area contributed by atoms with Crippen molar-refractivity contribution < 1.29 is 8.42 Å². The van der Waals surface area contributed by atoms with E-state index in [-0.39, 0.29) is 4.90 Å². The molecule has 0 saturated heterocycles. The zero-order chi connectivity index (χ0) is 13.9. The number of hydrogen-bond acceptors (Lipinski definition) is 3. The van der Waals surface area contributed by atoms with Gasteiger partial charge in [0.05, 0.1) is 4.90 Å². The summed E-state index contributed by atoms with van der Waals surface area (Å²) in [5, 5.41) is 8.48. The van der Waals surface area contributed by atoms with Crippen LogP contribution in [0.1, 0.15) is 32.8 Å². The molecule has 0 aliphatic carbocycles. The molecule has 1 unspecified atom stereocenters. The van der Waals surface area contributed by atoms with Crippen LogP contribution >= 0.6 is 0 Å². The second-order valence-corrected chi connectivity index (χ2v) is 6.73. The van der Waals surface area contributed by atoms with Crippen LogP contribution < -0.4 is 10.5 Å². The predicted octanol–water partition coefficient (Wildman–Crippen LogP) is 2.49. The maximum absolute atomic E-state index is 11.4. The van der Waals surface area contributed by atoms with Crippen molar-refractivity contribution in [2.24, 2.45) is 11.1 Å². The molecule has 0 heterocycles. The Morgan fingerprint density at radius 3 is 2.39 bits per heavy atom. The van der Waals surface area contributed by atoms with E-state index in [9.17, 15) is 8.42 Å². The van der Waals surface area contributed by atoms with Crippen molar-refractivity contribution >= 4 is 15.7 Å². The Morgan fingerprint density at radius 2 is 1.89 bits per heavy atom. The van der Waals surface area contributed by atoms with E-state index in [1.54, 1.807) is 19.1 Å². The van der Waals surface area contributed by atoms with Gasteiger partial charge in [-0.1, -0.05) is 19.9 Å². The van der Waals surface area contributed by atoms with Crippen LogP contribution in [0, 0.1) is 12.8 Å². The fraction of sp³-hybridized carbons (Fsp3) is 0.538. The summed E-state index contributed by atoms with van der Waals surface area (Å²) in [4.78, 5) is 0.184. The fourth-order valence-corrected chi connectivity index (χ4v) is 2.86. The molecule has 1 atom stereocenters. The zero-order valence-corrected chi connectivity index (χ0v) is 12.2. The van der Waals surface area contributed by atoms with E-state index in [4.69, 9.17) is 5.14 Å². The van der Waals surface area contributed by atoms with Crippen LogP contribution in [0.2, 0.25) is 0 Å². The lowest BCUT2D eigenvalue weighted by Crippen LogP contribution is -2.18. The van der Waals surface area contributed by atoms with E-state index in [0.717, 1.165) is 12.1 Å². The summed E-state index contributed by atoms with van der Waals surface area (Å²) in [6.07, 6.45) is 1.03. The van der Waals surface area contributed by atoms with Gasteiger partial charge in [-0.2, -0.15) is 0 Å². The molecule has 0 bridgehead atoms. The first-order chi connectivity index (χ1) is 8.20. The molecule has 0 fully saturated rings. The fourth-order valence-electron chi connectivity index (χ4n) is 2.05. The molecule has 1 aromatic rings. The van der Waals surface area contributed by atoms with Crippen LogP contribution in [-0.4, -0.2) is 14.5 Å². The molecule has 0 spiro atoms. The van der Waals surface area contributed by atoms with Crippen LogP contribution in [0.25, 0.3) is 0 Å². The quantitative estimate of drug-likeness (QED) is 0.863. The van der Waals surface area contributed by atoms with E-state index in [1.807, 2.05) is 6.07 Å². The molecule has 18 heavy (non-hydrogen) atoms. The summed E-state index contributed by atoms with van der Waals surface area (Å²) in [5.41, 5.74) is 1.46. The van der Waals surface area contributed by atoms with Crippen molar-refractivity contribution in [3.8, 4) is 0 Å². The number of anilines is 1. The molecule has 0 aromatic heterocycles. The van der Waals surface area contributed by atoms with Gasteiger partial charge in [-0.15, -0.1) is 0 Å². The summed E-state index contributed by atoms with van der Waals surface area (Å²) in [5.74, 6) is 0.593. The topological polar surface area (TPSA) is 72.2 Å². The van der Waals surface area contributed by atoms with Gasteiger partial charge in [-0.05, 0) is 43.9 Å². The molecule has 0 aliphatic heterocycles. The maximum atomic E-state index is 11.4. The lowest BCUT2D eigenvalue weighted by molar-refractivity contribution is 0.539. The van der Waals surface area contributed by atoms with E-state index >= 15 is 0 Å². The molecule has 0 radical (unpaired) electrons. The summed E-state index contributed by atoms with van der Waals surface area (Å²) >= 11 is 0. The highest BCUT2D eigenvalue weighted by Crippen LogP contribution is 2.20. The molecule has 5 heteroatoms. The van der Waals surface area contributed by atoms with Crippen molar-refractivity contribution in [3.63, 3.8) is 0 Å². The second kappa shape index (κ2) is 5.71. The van der Waals surface area contributed by atoms with Gasteiger partial charge in [0.2, 0.25) is 10.0 Å². The van der Waals surface area contributed by atoms with Crippen molar-refractivity contribution in [2.75, 3.05) is 5.32 Å². The van der Waals surface area contributed by atoms with Gasteiger partial charge in [0.1, 0.15) is 0 Å². The van der Waals surface area contributed by atoms with Crippen LogP contribution in [-0.2, 0) is 10.0 Å². The molecule has 4 nitrogen and oxygen atoms in total. The van der Waals surface area contributed by atoms with Crippen LogP contribution in [0.3, 0.4) is 0 Å². The Kier molecular flexibility index (Phi) is 4.76. The van der Waals surface area contributed by atoms with E-state index < -0.39 is 10.0 Å². The van der Waals surface area contributed by atoms with Crippen molar-refractivity contribution in [3.05, 3.63) is 23.8 Å². The van der Waals surface area contributed by atoms with Crippen molar-refractivity contribution in [1.29, 1.82) is 0 Å². The summed E-state index contributed by atoms with van der Waals surface area (Å²) in [6, 6.07) is 5.54. The SMILES string of the molecule is Cc1ccc(NC(C)CC(C)C)cc1S(N)(=O)=O. The minimum atomic E-state index is -3.65. The first-order valence-electron chi connectivity index (χ1n) is 6.10. The number of nitrogens with two attached hydrogens (primary N) is 1. The van der Waals surface area contributed by atoms with Gasteiger partial charge < -0.3 is 5.32 Å². The van der Waals surface area contributed by atoms with E-state index in [2.05, 4.69) is 26.1 Å². The molecule has 1 rings (SSSR count). The highest BCUT2D eigenvalue weighted by molar-refractivity contribution is 7.89. The summed E-state index contributed by atoms with van der Waals surface area (Å²) in [6.45, 7) is 8.13. The molecule has 1 aromatic carbocycles. The monoisotopic (exact) mass is 270 g/mol. The smallest absolute Gasteiger partial charge is 0.238 e. The Hall–Kier alpha value is -1.07. The van der Waals surface area contributed by atoms with Gasteiger partial charge in [-0.25, -0.2) is 13.6 Å². The first kappa shape index (κ1) is 15.0. The molecule has 0 saturated carbocycles. The van der Waals surface area contributed by atoms with Gasteiger partial charge in [-0.3, -0.25) is 0 Å². The molecular formula is C13H22N2O2S. The normalized spacial score (nSPS) is 13.7. The number of benzene rings is 1. The zero-order valence-electron chi connectivity index (χ0n) is 11.4. The highest BCUT2D eigenvalue weighted by Gasteiger charge is 2.13. The minimum Gasteiger partial charge on any atom is -0.383 e. The Morgan fingerprint density at radius 1 is 1.28 bits per heavy atom. The van der Waals surface area contributed by atoms with Gasteiger partial charge in [0, 0.05) is 11.7 Å². The Labute approximate surface area is 110 Å². The third-order valence-corrected chi connectivity index (χ3v) is 3.79. The van der Waals surface area contributed by atoms with Crippen molar-refractivity contribution in [1.82, 2.24) is 0 Å². The number of nitrogens with one attached hydrogen (secondary N) is 1. The molecule has 0 amide bonds. The minimum absolute atomic E-state index is 0.184. The number of hydrogen-bond donors (Lipinski definition) is 2. The number of aryl methyl sites for hydroxylation is 1. The predicted molar refractivity (Wildman–Crippen MR) is 75.1 cm³/mol. The van der Waals surface area contributed by atoms with Crippen LogP contribution in [0.5, 0.6) is 0 Å². The highest BCUT2D eigenvalue weighted by atomic mass is 32.2. The number of sulfonamides is 1. The molecule has 102 valence electrons. The third-order valence-electron chi connectivity index (χ3n) is 2.73. The maximum Gasteiger partial charge on any atom is 0.238 e. The molecular weight excluding hydrogens is 248 g/mol. The first-order valence-corrected chi connectivity index (χ1v) is 7.64. The molecule has 0 aliphatic rings. The van der Waals surface area contributed by atoms with Gasteiger partial charge in [0.15, 0.2) is 0 Å². The number of primary sulfonamides is 1. The van der Waals surface area contributed by atoms with E-state index in [1.165, 1.54) is 0 Å². The van der Waals surface area contributed by atoms with Gasteiger partial charge >= 0.3 is 0 Å². The summed E-state index contributed by atoms with van der Waals surface area (Å²) in [7, 11) is -3.65. The standard InChI is InChI=1S/C13H22N2O2S/c1-9(2)7-11(4)15-12-6-5-10(3)13(8-12)18(14,16)17/h5-6,8-9,11,15H,7H2,1-4H3,(H2,14,16,17). The van der Waals surface area contributed by atoms with E-state index in [0.29, 0.717) is 17.5 Å². The average molecular weight is 270 g/mol. The lowest BCUT2D eigenvalue weighted by atomic mass is 10.0. The van der Waals surface area contributed by atoms with Crippen LogP contribution in [0.15, 0.2) is 23.1 Å². The summed E-state index contributed by atoms with van der Waals surface area (Å²) < 4.78 is 22.8. The largest absolute Gasteiger partial charge is 0.383 e. The van der Waals surface area contributed by atoms with Crippen LogP contribution in [0.4, 0.5) is 5.69 Å². The average Bonchev–Trinajstić information content (AvgIpc) is 2.17. The van der Waals surface area contributed by atoms with Crippen molar-refractivity contribution in [2.45, 2.75) is 45.1 Å². The number of rotatable bonds is 5. The Balaban J connectivity index is 2.93. The third kappa shape index (κ3) is 4.31. The lowest BCUT2D eigenvalue weighted by Gasteiger charge is -2.18. The molecule has 3 N–H and O–H groups in total. The van der Waals surface area contributed by atoms with Gasteiger partial charge in [0.25, 0.3) is 0 Å². The Bertz CT molecular complexity index is 510. The second-order valence-electron chi connectivity index (χ2n) is 5.20.